The first-order chi connectivity index (χ1) is 8.07. The van der Waals surface area contributed by atoms with Crippen LogP contribution in [0.3, 0.4) is 0 Å². The molecular weight excluding hydrogens is 214 g/mol. The van der Waals surface area contributed by atoms with Crippen molar-refractivity contribution in [2.75, 3.05) is 19.8 Å². The van der Waals surface area contributed by atoms with Gasteiger partial charge >= 0.3 is 0 Å². The number of rotatable bonds is 7. The van der Waals surface area contributed by atoms with Crippen molar-refractivity contribution >= 4 is 0 Å². The number of aliphatic hydroxyl groups is 1. The van der Waals surface area contributed by atoms with Crippen molar-refractivity contribution in [3.63, 3.8) is 0 Å². The average Bonchev–Trinajstić information content (AvgIpc) is 2.31. The smallest absolute Gasteiger partial charge is 0.0645 e. The molecule has 1 atom stereocenters. The Kier molecular flexibility index (Phi) is 6.45. The largest absolute Gasteiger partial charge is 0.395 e. The first-order valence-corrected chi connectivity index (χ1v) is 7.03. The van der Waals surface area contributed by atoms with E-state index in [-0.39, 0.29) is 12.6 Å². The van der Waals surface area contributed by atoms with Crippen LogP contribution in [-0.4, -0.2) is 37.0 Å². The summed E-state index contributed by atoms with van der Waals surface area (Å²) >= 11 is 0. The number of hydrogen-bond acceptors (Lipinski definition) is 3. The Morgan fingerprint density at radius 2 is 2.00 bits per heavy atom. The van der Waals surface area contributed by atoms with Gasteiger partial charge in [0.05, 0.1) is 25.4 Å². The molecule has 1 aliphatic rings. The van der Waals surface area contributed by atoms with E-state index in [1.165, 1.54) is 25.7 Å². The molecule has 0 saturated heterocycles. The minimum atomic E-state index is 0.102. The highest BCUT2D eigenvalue weighted by Crippen LogP contribution is 2.36. The lowest BCUT2D eigenvalue weighted by molar-refractivity contribution is -0.0118. The Bertz CT molecular complexity index is 196. The third kappa shape index (κ3) is 5.84. The molecule has 1 fully saturated rings. The lowest BCUT2D eigenvalue weighted by Gasteiger charge is -2.34. The first-order valence-electron chi connectivity index (χ1n) is 7.03. The van der Waals surface area contributed by atoms with E-state index in [1.54, 1.807) is 0 Å². The quantitative estimate of drug-likeness (QED) is 0.721. The molecule has 1 saturated carbocycles. The van der Waals surface area contributed by atoms with Crippen LogP contribution in [0.5, 0.6) is 0 Å². The topological polar surface area (TPSA) is 41.5 Å². The van der Waals surface area contributed by atoms with Gasteiger partial charge in [-0.05, 0) is 44.1 Å². The zero-order valence-corrected chi connectivity index (χ0v) is 11.7. The third-order valence-electron chi connectivity index (χ3n) is 3.72. The fourth-order valence-corrected chi connectivity index (χ4v) is 2.32. The lowest BCUT2D eigenvalue weighted by Crippen LogP contribution is -2.39. The van der Waals surface area contributed by atoms with Crippen LogP contribution in [0.1, 0.15) is 52.9 Å². The maximum Gasteiger partial charge on any atom is 0.0645 e. The zero-order chi connectivity index (χ0) is 12.7. The van der Waals surface area contributed by atoms with Crippen LogP contribution in [0.2, 0.25) is 0 Å². The summed E-state index contributed by atoms with van der Waals surface area (Å²) in [5.41, 5.74) is 0.497. The van der Waals surface area contributed by atoms with E-state index in [0.717, 1.165) is 13.0 Å². The first kappa shape index (κ1) is 14.9. The summed E-state index contributed by atoms with van der Waals surface area (Å²) in [5.74, 6) is 0. The van der Waals surface area contributed by atoms with E-state index in [1.807, 2.05) is 0 Å². The lowest BCUT2D eigenvalue weighted by atomic mass is 9.76. The fourth-order valence-electron chi connectivity index (χ4n) is 2.32. The number of aliphatic hydroxyl groups excluding tert-OH is 1. The molecule has 1 aliphatic carbocycles. The summed E-state index contributed by atoms with van der Waals surface area (Å²) in [6, 6.07) is 0.102. The number of nitrogens with one attached hydrogen (secondary N) is 1. The standard InChI is InChI=1S/C14H29NO2/c1-4-9-15-12(10-16)11-17-13-5-7-14(2,3)8-6-13/h12-13,15-16H,4-11H2,1-3H3. The van der Waals surface area contributed by atoms with E-state index >= 15 is 0 Å². The van der Waals surface area contributed by atoms with E-state index < -0.39 is 0 Å². The second kappa shape index (κ2) is 7.34. The van der Waals surface area contributed by atoms with Crippen molar-refractivity contribution in [1.29, 1.82) is 0 Å². The summed E-state index contributed by atoms with van der Waals surface area (Å²) in [6.07, 6.45) is 6.33. The van der Waals surface area contributed by atoms with E-state index in [4.69, 9.17) is 4.74 Å². The highest BCUT2D eigenvalue weighted by Gasteiger charge is 2.27. The van der Waals surface area contributed by atoms with Crippen LogP contribution in [0, 0.1) is 5.41 Å². The summed E-state index contributed by atoms with van der Waals surface area (Å²) in [6.45, 7) is 8.56. The molecule has 0 heterocycles. The second-order valence-corrected chi connectivity index (χ2v) is 6.03. The molecule has 1 unspecified atom stereocenters. The van der Waals surface area contributed by atoms with E-state index in [0.29, 0.717) is 18.1 Å². The van der Waals surface area contributed by atoms with Crippen LogP contribution in [0.25, 0.3) is 0 Å². The molecule has 3 heteroatoms. The van der Waals surface area contributed by atoms with Crippen LogP contribution in [0.15, 0.2) is 0 Å². The van der Waals surface area contributed by atoms with Gasteiger partial charge < -0.3 is 15.2 Å². The molecule has 3 nitrogen and oxygen atoms in total. The van der Waals surface area contributed by atoms with Gasteiger partial charge in [0.15, 0.2) is 0 Å². The molecule has 0 aromatic carbocycles. The SMILES string of the molecule is CCCNC(CO)COC1CCC(C)(C)CC1. The molecule has 0 bridgehead atoms. The molecule has 0 amide bonds. The van der Waals surface area contributed by atoms with Gasteiger partial charge in [0.2, 0.25) is 0 Å². The molecule has 17 heavy (non-hydrogen) atoms. The number of hydrogen-bond donors (Lipinski definition) is 2. The third-order valence-corrected chi connectivity index (χ3v) is 3.72. The number of ether oxygens (including phenoxy) is 1. The predicted molar refractivity (Wildman–Crippen MR) is 71.2 cm³/mol. The molecule has 2 N–H and O–H groups in total. The Morgan fingerprint density at radius 3 is 2.53 bits per heavy atom. The van der Waals surface area contributed by atoms with Gasteiger partial charge in [-0.2, -0.15) is 0 Å². The second-order valence-electron chi connectivity index (χ2n) is 6.03. The van der Waals surface area contributed by atoms with Gasteiger partial charge in [-0.1, -0.05) is 20.8 Å². The highest BCUT2D eigenvalue weighted by molar-refractivity contribution is 4.79. The summed E-state index contributed by atoms with van der Waals surface area (Å²) < 4.78 is 5.90. The van der Waals surface area contributed by atoms with Crippen LogP contribution in [0.4, 0.5) is 0 Å². The summed E-state index contributed by atoms with van der Waals surface area (Å²) in [5, 5.41) is 12.5. The van der Waals surface area contributed by atoms with Crippen molar-refractivity contribution in [2.45, 2.75) is 65.0 Å². The molecule has 0 radical (unpaired) electrons. The van der Waals surface area contributed by atoms with Gasteiger partial charge in [0.25, 0.3) is 0 Å². The Labute approximate surface area is 106 Å². The normalized spacial score (nSPS) is 22.6. The van der Waals surface area contributed by atoms with Gasteiger partial charge in [0.1, 0.15) is 0 Å². The van der Waals surface area contributed by atoms with Crippen LogP contribution in [-0.2, 0) is 4.74 Å². The molecule has 0 spiro atoms. The fraction of sp³-hybridized carbons (Fsp3) is 1.00. The zero-order valence-electron chi connectivity index (χ0n) is 11.7. The summed E-state index contributed by atoms with van der Waals surface area (Å²) in [7, 11) is 0. The van der Waals surface area contributed by atoms with Crippen molar-refractivity contribution in [3.8, 4) is 0 Å². The van der Waals surface area contributed by atoms with Crippen molar-refractivity contribution in [1.82, 2.24) is 5.32 Å². The molecule has 1 rings (SSSR count). The van der Waals surface area contributed by atoms with Crippen LogP contribution < -0.4 is 5.32 Å². The van der Waals surface area contributed by atoms with Crippen molar-refractivity contribution < 1.29 is 9.84 Å². The monoisotopic (exact) mass is 243 g/mol. The highest BCUT2D eigenvalue weighted by atomic mass is 16.5. The average molecular weight is 243 g/mol. The van der Waals surface area contributed by atoms with Gasteiger partial charge in [0, 0.05) is 0 Å². The maximum atomic E-state index is 9.22. The Hall–Kier alpha value is -0.120. The molecule has 0 aromatic rings. The van der Waals surface area contributed by atoms with E-state index in [9.17, 15) is 5.11 Å². The summed E-state index contributed by atoms with van der Waals surface area (Å²) in [4.78, 5) is 0. The Balaban J connectivity index is 2.17. The maximum absolute atomic E-state index is 9.22. The molecular formula is C14H29NO2. The molecule has 0 aromatic heterocycles. The van der Waals surface area contributed by atoms with Gasteiger partial charge in [-0.25, -0.2) is 0 Å². The van der Waals surface area contributed by atoms with Gasteiger partial charge in [-0.15, -0.1) is 0 Å². The molecule has 102 valence electrons. The van der Waals surface area contributed by atoms with Crippen LogP contribution >= 0.6 is 0 Å². The van der Waals surface area contributed by atoms with Gasteiger partial charge in [-0.3, -0.25) is 0 Å². The molecule has 0 aliphatic heterocycles. The minimum Gasteiger partial charge on any atom is -0.395 e. The van der Waals surface area contributed by atoms with E-state index in [2.05, 4.69) is 26.1 Å². The Morgan fingerprint density at radius 1 is 1.35 bits per heavy atom. The predicted octanol–water partition coefficient (Wildman–Crippen LogP) is 2.33. The van der Waals surface area contributed by atoms with Crippen molar-refractivity contribution in [3.05, 3.63) is 0 Å². The minimum absolute atomic E-state index is 0.102. The van der Waals surface area contributed by atoms with Crippen molar-refractivity contribution in [2.24, 2.45) is 5.41 Å².